The van der Waals surface area contributed by atoms with Gasteiger partial charge in [0.05, 0.1) is 12.6 Å². The second kappa shape index (κ2) is 6.86. The van der Waals surface area contributed by atoms with E-state index in [9.17, 15) is 0 Å². The van der Waals surface area contributed by atoms with Crippen LogP contribution in [0, 0.1) is 6.92 Å². The molecule has 0 aliphatic heterocycles. The van der Waals surface area contributed by atoms with Crippen molar-refractivity contribution in [1.29, 1.82) is 0 Å². The van der Waals surface area contributed by atoms with Crippen LogP contribution < -0.4 is 11.3 Å². The molecule has 1 aromatic rings. The molecule has 1 atom stereocenters. The van der Waals surface area contributed by atoms with Crippen LogP contribution in [0.4, 0.5) is 0 Å². The van der Waals surface area contributed by atoms with Gasteiger partial charge in [-0.2, -0.15) is 0 Å². The van der Waals surface area contributed by atoms with Crippen molar-refractivity contribution in [2.45, 2.75) is 26.3 Å². The molecule has 1 unspecified atom stereocenters. The Kier molecular flexibility index (Phi) is 5.77. The number of halogens is 1. The molecule has 0 bridgehead atoms. The first-order valence-electron chi connectivity index (χ1n) is 5.49. The molecule has 4 heteroatoms. The first-order chi connectivity index (χ1) is 7.69. The van der Waals surface area contributed by atoms with Crippen LogP contribution in [0.1, 0.15) is 30.5 Å². The van der Waals surface area contributed by atoms with Gasteiger partial charge in [0.15, 0.2) is 0 Å². The van der Waals surface area contributed by atoms with Gasteiger partial charge in [-0.3, -0.25) is 11.3 Å². The fourth-order valence-electron chi connectivity index (χ4n) is 1.49. The van der Waals surface area contributed by atoms with Crippen LogP contribution in [0.2, 0.25) is 5.02 Å². The summed E-state index contributed by atoms with van der Waals surface area (Å²) < 4.78 is 5.47. The van der Waals surface area contributed by atoms with Gasteiger partial charge in [-0.05, 0) is 30.5 Å². The molecule has 0 radical (unpaired) electrons. The van der Waals surface area contributed by atoms with E-state index in [0.29, 0.717) is 6.61 Å². The maximum Gasteiger partial charge on any atom is 0.0708 e. The summed E-state index contributed by atoms with van der Waals surface area (Å²) in [5, 5.41) is 0.725. The maximum absolute atomic E-state index is 6.16. The first kappa shape index (κ1) is 13.5. The predicted molar refractivity (Wildman–Crippen MR) is 67.4 cm³/mol. The van der Waals surface area contributed by atoms with Crippen LogP contribution in [0.15, 0.2) is 18.2 Å². The Bertz CT molecular complexity index is 331. The van der Waals surface area contributed by atoms with Crippen LogP contribution in [-0.2, 0) is 4.74 Å². The zero-order valence-electron chi connectivity index (χ0n) is 9.79. The third-order valence-corrected chi connectivity index (χ3v) is 2.69. The Morgan fingerprint density at radius 1 is 1.50 bits per heavy atom. The minimum absolute atomic E-state index is 0.0559. The van der Waals surface area contributed by atoms with E-state index in [0.717, 1.165) is 29.2 Å². The molecule has 0 aliphatic rings. The first-order valence-corrected chi connectivity index (χ1v) is 5.86. The number of rotatable bonds is 6. The molecule has 0 heterocycles. The van der Waals surface area contributed by atoms with Gasteiger partial charge in [0.1, 0.15) is 0 Å². The smallest absolute Gasteiger partial charge is 0.0708 e. The summed E-state index contributed by atoms with van der Waals surface area (Å²) in [4.78, 5) is 0. The van der Waals surface area contributed by atoms with E-state index in [1.165, 1.54) is 0 Å². The number of hydrazine groups is 1. The molecule has 3 nitrogen and oxygen atoms in total. The van der Waals surface area contributed by atoms with Gasteiger partial charge in [0.2, 0.25) is 0 Å². The van der Waals surface area contributed by atoms with E-state index >= 15 is 0 Å². The lowest BCUT2D eigenvalue weighted by Gasteiger charge is -2.18. The second-order valence-electron chi connectivity index (χ2n) is 3.82. The van der Waals surface area contributed by atoms with Gasteiger partial charge in [-0.15, -0.1) is 0 Å². The van der Waals surface area contributed by atoms with E-state index in [1.54, 1.807) is 0 Å². The lowest BCUT2D eigenvalue weighted by Crippen LogP contribution is -2.31. The van der Waals surface area contributed by atoms with E-state index in [4.69, 9.17) is 22.2 Å². The summed E-state index contributed by atoms with van der Waals surface area (Å²) in [5.41, 5.74) is 4.84. The topological polar surface area (TPSA) is 47.3 Å². The highest BCUT2D eigenvalue weighted by Crippen LogP contribution is 2.23. The van der Waals surface area contributed by atoms with Crippen LogP contribution in [0.25, 0.3) is 0 Å². The number of hydrogen-bond acceptors (Lipinski definition) is 3. The number of aryl methyl sites for hydroxylation is 1. The average molecular weight is 243 g/mol. The summed E-state index contributed by atoms with van der Waals surface area (Å²) in [6, 6.07) is 5.88. The Hall–Kier alpha value is -0.610. The van der Waals surface area contributed by atoms with Gasteiger partial charge in [-0.1, -0.05) is 30.7 Å². The van der Waals surface area contributed by atoms with E-state index < -0.39 is 0 Å². The van der Waals surface area contributed by atoms with Crippen LogP contribution >= 0.6 is 11.6 Å². The van der Waals surface area contributed by atoms with Crippen LogP contribution in [-0.4, -0.2) is 13.2 Å². The number of ether oxygens (including phenoxy) is 1. The molecule has 0 saturated carbocycles. The Labute approximate surface area is 102 Å². The van der Waals surface area contributed by atoms with Gasteiger partial charge >= 0.3 is 0 Å². The molecule has 16 heavy (non-hydrogen) atoms. The minimum atomic E-state index is -0.0559. The molecular weight excluding hydrogens is 224 g/mol. The summed E-state index contributed by atoms with van der Waals surface area (Å²) in [7, 11) is 0. The second-order valence-corrected chi connectivity index (χ2v) is 4.23. The third-order valence-electron chi connectivity index (χ3n) is 2.37. The predicted octanol–water partition coefficient (Wildman–Crippen LogP) is 2.58. The fourth-order valence-corrected chi connectivity index (χ4v) is 1.85. The Balaban J connectivity index is 2.70. The average Bonchev–Trinajstić information content (AvgIpc) is 2.26. The fraction of sp³-hybridized carbons (Fsp3) is 0.500. The van der Waals surface area contributed by atoms with Crippen molar-refractivity contribution in [2.24, 2.45) is 5.84 Å². The number of nitrogens with one attached hydrogen (secondary N) is 1. The summed E-state index contributed by atoms with van der Waals surface area (Å²) in [6.45, 7) is 5.35. The largest absolute Gasteiger partial charge is 0.379 e. The SMILES string of the molecule is CCCOCC(NN)c1ccc(C)cc1Cl. The van der Waals surface area contributed by atoms with Gasteiger partial charge < -0.3 is 4.74 Å². The number of benzene rings is 1. The molecule has 0 amide bonds. The third kappa shape index (κ3) is 3.76. The van der Waals surface area contributed by atoms with Crippen LogP contribution in [0.3, 0.4) is 0 Å². The lowest BCUT2D eigenvalue weighted by molar-refractivity contribution is 0.112. The monoisotopic (exact) mass is 242 g/mol. The molecule has 0 fully saturated rings. The minimum Gasteiger partial charge on any atom is -0.379 e. The van der Waals surface area contributed by atoms with Crippen molar-refractivity contribution < 1.29 is 4.74 Å². The number of hydrogen-bond donors (Lipinski definition) is 2. The molecule has 0 aromatic heterocycles. The molecule has 0 aliphatic carbocycles. The van der Waals surface area contributed by atoms with Gasteiger partial charge in [0, 0.05) is 11.6 Å². The summed E-state index contributed by atoms with van der Waals surface area (Å²) >= 11 is 6.16. The quantitative estimate of drug-likeness (QED) is 0.458. The standard InChI is InChI=1S/C12H19ClN2O/c1-3-6-16-8-12(15-14)10-5-4-9(2)7-11(10)13/h4-5,7,12,15H,3,6,8,14H2,1-2H3. The summed E-state index contributed by atoms with van der Waals surface area (Å²) in [6.07, 6.45) is 0.999. The van der Waals surface area contributed by atoms with Crippen molar-refractivity contribution >= 4 is 11.6 Å². The highest BCUT2D eigenvalue weighted by molar-refractivity contribution is 6.31. The highest BCUT2D eigenvalue weighted by Gasteiger charge is 2.13. The van der Waals surface area contributed by atoms with E-state index in [2.05, 4.69) is 12.3 Å². The van der Waals surface area contributed by atoms with Gasteiger partial charge in [0.25, 0.3) is 0 Å². The Morgan fingerprint density at radius 2 is 2.25 bits per heavy atom. The zero-order chi connectivity index (χ0) is 12.0. The van der Waals surface area contributed by atoms with Crippen molar-refractivity contribution in [3.8, 4) is 0 Å². The normalized spacial score (nSPS) is 12.8. The molecule has 1 aromatic carbocycles. The van der Waals surface area contributed by atoms with Crippen molar-refractivity contribution in [1.82, 2.24) is 5.43 Å². The van der Waals surface area contributed by atoms with E-state index in [1.807, 2.05) is 25.1 Å². The molecule has 0 spiro atoms. The van der Waals surface area contributed by atoms with Crippen molar-refractivity contribution in [2.75, 3.05) is 13.2 Å². The van der Waals surface area contributed by atoms with E-state index in [-0.39, 0.29) is 6.04 Å². The maximum atomic E-state index is 6.16. The van der Waals surface area contributed by atoms with Gasteiger partial charge in [-0.25, -0.2) is 0 Å². The molecule has 90 valence electrons. The Morgan fingerprint density at radius 3 is 2.81 bits per heavy atom. The zero-order valence-corrected chi connectivity index (χ0v) is 10.6. The lowest BCUT2D eigenvalue weighted by atomic mass is 10.1. The molecule has 3 N–H and O–H groups in total. The molecule has 1 rings (SSSR count). The van der Waals surface area contributed by atoms with Crippen LogP contribution in [0.5, 0.6) is 0 Å². The van der Waals surface area contributed by atoms with Crippen molar-refractivity contribution in [3.63, 3.8) is 0 Å². The molecular formula is C12H19ClN2O. The highest BCUT2D eigenvalue weighted by atomic mass is 35.5. The van der Waals surface area contributed by atoms with Crippen molar-refractivity contribution in [3.05, 3.63) is 34.3 Å². The summed E-state index contributed by atoms with van der Waals surface area (Å²) in [5.74, 6) is 5.51. The number of nitrogens with two attached hydrogens (primary N) is 1. The molecule has 0 saturated heterocycles.